The van der Waals surface area contributed by atoms with E-state index in [0.29, 0.717) is 24.6 Å². The molecule has 0 atom stereocenters. The van der Waals surface area contributed by atoms with Gasteiger partial charge in [-0.25, -0.2) is 18.7 Å². The second kappa shape index (κ2) is 9.98. The van der Waals surface area contributed by atoms with E-state index in [-0.39, 0.29) is 18.0 Å². The number of thiazole rings is 1. The molecule has 2 aromatic heterocycles. The van der Waals surface area contributed by atoms with Gasteiger partial charge in [-0.2, -0.15) is 0 Å². The van der Waals surface area contributed by atoms with Crippen LogP contribution in [0.4, 0.5) is 13.9 Å². The molecule has 0 radical (unpaired) electrons. The Morgan fingerprint density at radius 3 is 2.74 bits per heavy atom. The third-order valence-corrected chi connectivity index (χ3v) is 5.92. The monoisotopic (exact) mass is 462 g/mol. The molecule has 2 aromatic carbocycles. The van der Waals surface area contributed by atoms with Crippen molar-refractivity contribution in [3.05, 3.63) is 77.9 Å². The van der Waals surface area contributed by atoms with Gasteiger partial charge in [-0.15, -0.1) is 12.4 Å². The van der Waals surface area contributed by atoms with Crippen LogP contribution in [0.1, 0.15) is 29.3 Å². The van der Waals surface area contributed by atoms with Crippen molar-refractivity contribution >= 4 is 45.0 Å². The van der Waals surface area contributed by atoms with Crippen LogP contribution in [-0.4, -0.2) is 27.0 Å². The standard InChI is InChI=1S/C22H20F2N4OS.ClH/c1-2-15-5-3-6-19-20(15)26-22(30-19)28(11-4-10-27-12-9-25-14-27)21(29)16-7-8-17(23)18(24)13-16;/h3,5-9,12-14H,2,4,10-11H2,1H3;1H. The zero-order valence-electron chi connectivity index (χ0n) is 16.8. The molecule has 0 saturated carbocycles. The minimum atomic E-state index is -1.04. The molecule has 0 aliphatic heterocycles. The third kappa shape index (κ3) is 4.91. The highest BCUT2D eigenvalue weighted by atomic mass is 35.5. The predicted molar refractivity (Wildman–Crippen MR) is 121 cm³/mol. The Morgan fingerprint density at radius 2 is 2.03 bits per heavy atom. The van der Waals surface area contributed by atoms with Gasteiger partial charge in [-0.05, 0) is 42.7 Å². The van der Waals surface area contributed by atoms with Crippen molar-refractivity contribution in [1.29, 1.82) is 0 Å². The Kier molecular flexibility index (Phi) is 7.35. The average Bonchev–Trinajstić information content (AvgIpc) is 3.42. The number of rotatable bonds is 7. The topological polar surface area (TPSA) is 51.0 Å². The summed E-state index contributed by atoms with van der Waals surface area (Å²) < 4.78 is 30.0. The first-order valence-electron chi connectivity index (χ1n) is 9.68. The molecule has 4 aromatic rings. The predicted octanol–water partition coefficient (Wildman–Crippen LogP) is 5.49. The number of imidazole rings is 1. The van der Waals surface area contributed by atoms with Gasteiger partial charge in [-0.3, -0.25) is 9.69 Å². The number of fused-ring (bicyclic) bond motifs is 1. The van der Waals surface area contributed by atoms with E-state index in [1.807, 2.05) is 29.0 Å². The van der Waals surface area contributed by atoms with Gasteiger partial charge in [0.15, 0.2) is 16.8 Å². The van der Waals surface area contributed by atoms with E-state index in [4.69, 9.17) is 4.98 Å². The van der Waals surface area contributed by atoms with Crippen LogP contribution in [0.15, 0.2) is 55.1 Å². The maximum absolute atomic E-state index is 13.7. The van der Waals surface area contributed by atoms with E-state index in [1.165, 1.54) is 17.4 Å². The van der Waals surface area contributed by atoms with E-state index in [9.17, 15) is 13.6 Å². The van der Waals surface area contributed by atoms with Crippen molar-refractivity contribution in [3.63, 3.8) is 0 Å². The first-order valence-corrected chi connectivity index (χ1v) is 10.5. The number of amides is 1. The van der Waals surface area contributed by atoms with Crippen LogP contribution in [-0.2, 0) is 13.0 Å². The van der Waals surface area contributed by atoms with E-state index < -0.39 is 17.5 Å². The number of para-hydroxylation sites is 1. The Bertz CT molecular complexity index is 1180. The van der Waals surface area contributed by atoms with Crippen molar-refractivity contribution in [1.82, 2.24) is 14.5 Å². The van der Waals surface area contributed by atoms with Crippen LogP contribution in [0.5, 0.6) is 0 Å². The summed E-state index contributed by atoms with van der Waals surface area (Å²) in [5, 5.41) is 0.547. The molecule has 4 rings (SSSR count). The third-order valence-electron chi connectivity index (χ3n) is 4.87. The van der Waals surface area contributed by atoms with Gasteiger partial charge in [0, 0.05) is 31.0 Å². The lowest BCUT2D eigenvalue weighted by molar-refractivity contribution is 0.0985. The molecule has 0 unspecified atom stereocenters. The van der Waals surface area contributed by atoms with Crippen LogP contribution in [0.3, 0.4) is 0 Å². The minimum absolute atomic E-state index is 0. The van der Waals surface area contributed by atoms with E-state index in [2.05, 4.69) is 11.9 Å². The lowest BCUT2D eigenvalue weighted by Crippen LogP contribution is -2.32. The highest BCUT2D eigenvalue weighted by Gasteiger charge is 2.22. The van der Waals surface area contributed by atoms with Crippen molar-refractivity contribution in [2.45, 2.75) is 26.3 Å². The fourth-order valence-electron chi connectivity index (χ4n) is 3.29. The number of nitrogens with zero attached hydrogens (tertiary/aromatic N) is 4. The molecule has 0 fully saturated rings. The van der Waals surface area contributed by atoms with Gasteiger partial charge >= 0.3 is 0 Å². The Balaban J connectivity index is 0.00000272. The number of halogens is 3. The molecule has 0 bridgehead atoms. The molecule has 9 heteroatoms. The van der Waals surface area contributed by atoms with Crippen LogP contribution >= 0.6 is 23.7 Å². The molecule has 0 saturated heterocycles. The summed E-state index contributed by atoms with van der Waals surface area (Å²) in [7, 11) is 0. The Morgan fingerprint density at radius 1 is 1.19 bits per heavy atom. The SMILES string of the molecule is CCc1cccc2sc(N(CCCn3ccnc3)C(=O)c3ccc(F)c(F)c3)nc12.Cl. The lowest BCUT2D eigenvalue weighted by atomic mass is 10.1. The zero-order chi connectivity index (χ0) is 21.1. The van der Waals surface area contributed by atoms with E-state index >= 15 is 0 Å². The lowest BCUT2D eigenvalue weighted by Gasteiger charge is -2.20. The van der Waals surface area contributed by atoms with Crippen LogP contribution in [0, 0.1) is 11.6 Å². The number of aryl methyl sites for hydroxylation is 2. The Hall–Kier alpha value is -2.84. The summed E-state index contributed by atoms with van der Waals surface area (Å²) in [6.07, 6.45) is 6.75. The van der Waals surface area contributed by atoms with Gasteiger partial charge in [-0.1, -0.05) is 30.4 Å². The molecule has 0 spiro atoms. The maximum Gasteiger partial charge on any atom is 0.260 e. The summed E-state index contributed by atoms with van der Waals surface area (Å²) in [6.45, 7) is 3.12. The zero-order valence-corrected chi connectivity index (χ0v) is 18.4. The molecule has 31 heavy (non-hydrogen) atoms. The van der Waals surface area contributed by atoms with E-state index in [0.717, 1.165) is 34.3 Å². The summed E-state index contributed by atoms with van der Waals surface area (Å²) in [4.78, 5) is 23.5. The number of benzene rings is 2. The number of aromatic nitrogens is 3. The number of hydrogen-bond acceptors (Lipinski definition) is 4. The van der Waals surface area contributed by atoms with Crippen molar-refractivity contribution < 1.29 is 13.6 Å². The van der Waals surface area contributed by atoms with Gasteiger partial charge in [0.25, 0.3) is 5.91 Å². The van der Waals surface area contributed by atoms with Gasteiger partial charge < -0.3 is 4.57 Å². The average molecular weight is 463 g/mol. The quantitative estimate of drug-likeness (QED) is 0.365. The number of anilines is 1. The molecule has 0 N–H and O–H groups in total. The molecule has 1 amide bonds. The second-order valence-corrected chi connectivity index (χ2v) is 7.86. The van der Waals surface area contributed by atoms with Crippen molar-refractivity contribution in [2.75, 3.05) is 11.4 Å². The fourth-order valence-corrected chi connectivity index (χ4v) is 4.33. The minimum Gasteiger partial charge on any atom is -0.337 e. The van der Waals surface area contributed by atoms with Crippen LogP contribution < -0.4 is 4.90 Å². The molecule has 0 aliphatic rings. The van der Waals surface area contributed by atoms with Gasteiger partial charge in [0.1, 0.15) is 0 Å². The highest BCUT2D eigenvalue weighted by molar-refractivity contribution is 7.22. The molecule has 162 valence electrons. The first kappa shape index (κ1) is 22.8. The van der Waals surface area contributed by atoms with E-state index in [1.54, 1.807) is 17.4 Å². The normalized spacial score (nSPS) is 10.8. The molecule has 2 heterocycles. The molecular weight excluding hydrogens is 442 g/mol. The largest absolute Gasteiger partial charge is 0.337 e. The maximum atomic E-state index is 13.7. The first-order chi connectivity index (χ1) is 14.6. The number of hydrogen-bond donors (Lipinski definition) is 0. The summed E-state index contributed by atoms with van der Waals surface area (Å²) in [5.41, 5.74) is 2.07. The fraction of sp³-hybridized carbons (Fsp3) is 0.227. The van der Waals surface area contributed by atoms with Crippen LogP contribution in [0.25, 0.3) is 10.2 Å². The second-order valence-electron chi connectivity index (χ2n) is 6.85. The van der Waals surface area contributed by atoms with Crippen molar-refractivity contribution in [3.8, 4) is 0 Å². The summed E-state index contributed by atoms with van der Waals surface area (Å²) in [5.74, 6) is -2.43. The molecular formula is C22H21ClF2N4OS. The summed E-state index contributed by atoms with van der Waals surface area (Å²) in [6, 6.07) is 9.18. The van der Waals surface area contributed by atoms with Gasteiger partial charge in [0.2, 0.25) is 0 Å². The number of carbonyl (C=O) groups excluding carboxylic acids is 1. The molecule has 0 aliphatic carbocycles. The van der Waals surface area contributed by atoms with Crippen molar-refractivity contribution in [2.24, 2.45) is 0 Å². The highest BCUT2D eigenvalue weighted by Crippen LogP contribution is 2.32. The Labute approximate surface area is 188 Å². The number of carbonyl (C=O) groups is 1. The van der Waals surface area contributed by atoms with Gasteiger partial charge in [0.05, 0.1) is 16.5 Å². The summed E-state index contributed by atoms with van der Waals surface area (Å²) >= 11 is 1.42. The smallest absolute Gasteiger partial charge is 0.260 e. The molecule has 5 nitrogen and oxygen atoms in total. The van der Waals surface area contributed by atoms with Crippen LogP contribution in [0.2, 0.25) is 0 Å².